The van der Waals surface area contributed by atoms with Gasteiger partial charge in [-0.2, -0.15) is 0 Å². The van der Waals surface area contributed by atoms with E-state index in [4.69, 9.17) is 0 Å². The minimum Gasteiger partial charge on any atom is -0.332 e. The minimum atomic E-state index is 0.756. The van der Waals surface area contributed by atoms with Crippen molar-refractivity contribution in [3.8, 4) is 0 Å². The van der Waals surface area contributed by atoms with Crippen LogP contribution in [0, 0.1) is 5.92 Å². The summed E-state index contributed by atoms with van der Waals surface area (Å²) in [6.45, 7) is 3.42. The third kappa shape index (κ3) is 1.83. The molecule has 0 aliphatic carbocycles. The van der Waals surface area contributed by atoms with E-state index in [0.29, 0.717) is 0 Å². The number of rotatable bonds is 2. The lowest BCUT2D eigenvalue weighted by molar-refractivity contribution is 0.340. The molecule has 1 saturated heterocycles. The average molecular weight is 215 g/mol. The molecule has 2 aromatic heterocycles. The van der Waals surface area contributed by atoms with Crippen LogP contribution < -0.4 is 5.32 Å². The molecule has 0 unspecified atom stereocenters. The Hall–Kier alpha value is -1.35. The van der Waals surface area contributed by atoms with Crippen LogP contribution in [0.3, 0.4) is 0 Å². The number of hydrogen-bond acceptors (Lipinski definition) is 2. The lowest BCUT2D eigenvalue weighted by atomic mass is 10.00. The predicted molar refractivity (Wildman–Crippen MR) is 65.3 cm³/mol. The van der Waals surface area contributed by atoms with E-state index in [1.807, 2.05) is 12.3 Å². The highest BCUT2D eigenvalue weighted by molar-refractivity contribution is 5.75. The van der Waals surface area contributed by atoms with Gasteiger partial charge in [0.15, 0.2) is 0 Å². The van der Waals surface area contributed by atoms with Gasteiger partial charge in [-0.15, -0.1) is 0 Å². The molecule has 0 aromatic carbocycles. The van der Waals surface area contributed by atoms with Crippen molar-refractivity contribution in [3.05, 3.63) is 30.6 Å². The van der Waals surface area contributed by atoms with Crippen LogP contribution in [0.1, 0.15) is 12.8 Å². The fraction of sp³-hybridized carbons (Fsp3) is 0.462. The Labute approximate surface area is 95.5 Å². The molecule has 0 amide bonds. The number of fused-ring (bicyclic) bond motifs is 1. The Morgan fingerprint density at radius 1 is 1.44 bits per heavy atom. The van der Waals surface area contributed by atoms with Crippen LogP contribution in [0.4, 0.5) is 0 Å². The standard InChI is InChI=1S/C13H17N3/c1-3-11(9-14-6-1)10-16-8-5-12-4-2-7-15-13(12)16/h2,4-5,7-8,11,14H,1,3,6,9-10H2/t11-/m1/s1. The van der Waals surface area contributed by atoms with Gasteiger partial charge in [0, 0.05) is 24.3 Å². The van der Waals surface area contributed by atoms with Gasteiger partial charge in [-0.1, -0.05) is 0 Å². The third-order valence-corrected chi connectivity index (χ3v) is 3.38. The van der Waals surface area contributed by atoms with Crippen LogP contribution in [-0.4, -0.2) is 22.6 Å². The van der Waals surface area contributed by atoms with E-state index in [1.54, 1.807) is 0 Å². The van der Waals surface area contributed by atoms with Gasteiger partial charge < -0.3 is 9.88 Å². The molecule has 3 heterocycles. The molecule has 2 aromatic rings. The van der Waals surface area contributed by atoms with Crippen molar-refractivity contribution >= 4 is 11.0 Å². The fourth-order valence-electron chi connectivity index (χ4n) is 2.53. The largest absolute Gasteiger partial charge is 0.332 e. The van der Waals surface area contributed by atoms with Crippen molar-refractivity contribution in [2.24, 2.45) is 5.92 Å². The van der Waals surface area contributed by atoms with Crippen molar-refractivity contribution in [1.82, 2.24) is 14.9 Å². The van der Waals surface area contributed by atoms with Crippen molar-refractivity contribution in [2.45, 2.75) is 19.4 Å². The van der Waals surface area contributed by atoms with Crippen LogP contribution in [0.2, 0.25) is 0 Å². The summed E-state index contributed by atoms with van der Waals surface area (Å²) in [5, 5.41) is 4.70. The van der Waals surface area contributed by atoms with E-state index in [1.165, 1.54) is 24.8 Å². The van der Waals surface area contributed by atoms with Gasteiger partial charge in [0.2, 0.25) is 0 Å². The quantitative estimate of drug-likeness (QED) is 0.830. The Morgan fingerprint density at radius 2 is 2.44 bits per heavy atom. The van der Waals surface area contributed by atoms with Gasteiger partial charge >= 0.3 is 0 Å². The SMILES string of the molecule is c1cnc2c(c1)ccn2C[C@@H]1CCCNC1. The van der Waals surface area contributed by atoms with E-state index in [0.717, 1.165) is 24.7 Å². The highest BCUT2D eigenvalue weighted by atomic mass is 15.0. The molecule has 0 spiro atoms. The number of pyridine rings is 1. The van der Waals surface area contributed by atoms with Gasteiger partial charge in [0.05, 0.1) is 0 Å². The molecule has 84 valence electrons. The highest BCUT2D eigenvalue weighted by Gasteiger charge is 2.14. The van der Waals surface area contributed by atoms with E-state index >= 15 is 0 Å². The van der Waals surface area contributed by atoms with E-state index in [2.05, 4.69) is 33.2 Å². The van der Waals surface area contributed by atoms with E-state index in [-0.39, 0.29) is 0 Å². The molecular formula is C13H17N3. The average Bonchev–Trinajstić information content (AvgIpc) is 2.74. The van der Waals surface area contributed by atoms with Crippen LogP contribution in [0.5, 0.6) is 0 Å². The number of aromatic nitrogens is 2. The number of nitrogens with zero attached hydrogens (tertiary/aromatic N) is 2. The second-order valence-corrected chi connectivity index (χ2v) is 4.60. The Kier molecular flexibility index (Phi) is 2.62. The maximum Gasteiger partial charge on any atom is 0.139 e. The molecule has 1 N–H and O–H groups in total. The molecule has 3 rings (SSSR count). The summed E-state index contributed by atoms with van der Waals surface area (Å²) < 4.78 is 2.28. The fourth-order valence-corrected chi connectivity index (χ4v) is 2.53. The minimum absolute atomic E-state index is 0.756. The molecule has 3 nitrogen and oxygen atoms in total. The van der Waals surface area contributed by atoms with Crippen molar-refractivity contribution in [3.63, 3.8) is 0 Å². The molecule has 1 fully saturated rings. The van der Waals surface area contributed by atoms with Crippen LogP contribution >= 0.6 is 0 Å². The first-order valence-electron chi connectivity index (χ1n) is 6.04. The van der Waals surface area contributed by atoms with E-state index in [9.17, 15) is 0 Å². The number of hydrogen-bond donors (Lipinski definition) is 1. The molecule has 1 atom stereocenters. The summed E-state index contributed by atoms with van der Waals surface area (Å²) in [4.78, 5) is 4.45. The third-order valence-electron chi connectivity index (χ3n) is 3.38. The molecule has 0 radical (unpaired) electrons. The monoisotopic (exact) mass is 215 g/mol. The summed E-state index contributed by atoms with van der Waals surface area (Å²) >= 11 is 0. The summed E-state index contributed by atoms with van der Waals surface area (Å²) in [5.41, 5.74) is 1.12. The van der Waals surface area contributed by atoms with Crippen LogP contribution in [0.15, 0.2) is 30.6 Å². The maximum absolute atomic E-state index is 4.45. The van der Waals surface area contributed by atoms with Crippen LogP contribution in [-0.2, 0) is 6.54 Å². The molecule has 1 aliphatic heterocycles. The predicted octanol–water partition coefficient (Wildman–Crippen LogP) is 2.04. The molecule has 0 saturated carbocycles. The van der Waals surface area contributed by atoms with Crippen LogP contribution in [0.25, 0.3) is 11.0 Å². The van der Waals surface area contributed by atoms with Gasteiger partial charge in [-0.3, -0.25) is 0 Å². The lowest BCUT2D eigenvalue weighted by Crippen LogP contribution is -2.32. The topological polar surface area (TPSA) is 29.9 Å². The first-order chi connectivity index (χ1) is 7.93. The second kappa shape index (κ2) is 4.26. The van der Waals surface area contributed by atoms with Gasteiger partial charge in [-0.05, 0) is 50.0 Å². The summed E-state index contributed by atoms with van der Waals surface area (Å²) in [6, 6.07) is 6.27. The zero-order chi connectivity index (χ0) is 10.8. The van der Waals surface area contributed by atoms with Crippen molar-refractivity contribution in [1.29, 1.82) is 0 Å². The Morgan fingerprint density at radius 3 is 3.31 bits per heavy atom. The molecule has 3 heteroatoms. The van der Waals surface area contributed by atoms with Crippen molar-refractivity contribution < 1.29 is 0 Å². The molecule has 1 aliphatic rings. The highest BCUT2D eigenvalue weighted by Crippen LogP contribution is 2.17. The maximum atomic E-state index is 4.45. The molecule has 16 heavy (non-hydrogen) atoms. The molecular weight excluding hydrogens is 198 g/mol. The number of nitrogens with one attached hydrogen (secondary N) is 1. The van der Waals surface area contributed by atoms with E-state index < -0.39 is 0 Å². The zero-order valence-electron chi connectivity index (χ0n) is 9.39. The van der Waals surface area contributed by atoms with Gasteiger partial charge in [-0.25, -0.2) is 4.98 Å². The molecule has 0 bridgehead atoms. The summed E-state index contributed by atoms with van der Waals surface area (Å²) in [5.74, 6) is 0.756. The van der Waals surface area contributed by atoms with Gasteiger partial charge in [0.1, 0.15) is 5.65 Å². The summed E-state index contributed by atoms with van der Waals surface area (Å²) in [6.07, 6.45) is 6.67. The van der Waals surface area contributed by atoms with Gasteiger partial charge in [0.25, 0.3) is 0 Å². The zero-order valence-corrected chi connectivity index (χ0v) is 9.39. The Balaban J connectivity index is 1.83. The second-order valence-electron chi connectivity index (χ2n) is 4.60. The first kappa shape index (κ1) is 9.85. The smallest absolute Gasteiger partial charge is 0.139 e. The Bertz CT molecular complexity index is 469. The summed E-state index contributed by atoms with van der Waals surface area (Å²) in [7, 11) is 0. The number of piperidine rings is 1. The lowest BCUT2D eigenvalue weighted by Gasteiger charge is -2.23. The van der Waals surface area contributed by atoms with Crippen molar-refractivity contribution in [2.75, 3.05) is 13.1 Å². The first-order valence-corrected chi connectivity index (χ1v) is 6.04. The normalized spacial score (nSPS) is 21.4.